The Kier molecular flexibility index (Phi) is 6.80. The van der Waals surface area contributed by atoms with Gasteiger partial charge in [-0.2, -0.15) is 0 Å². The molecule has 0 heterocycles. The van der Waals surface area contributed by atoms with Crippen LogP contribution in [0.15, 0.2) is 60.7 Å². The summed E-state index contributed by atoms with van der Waals surface area (Å²) in [4.78, 5) is 25.9. The van der Waals surface area contributed by atoms with E-state index < -0.39 is 0 Å². The number of fused-ring (bicyclic) bond motifs is 2. The largest absolute Gasteiger partial charge is 0.455 e. The molecule has 0 aliphatic heterocycles. The number of ether oxygens (including phenoxy) is 2. The maximum atomic E-state index is 13.0. The highest BCUT2D eigenvalue weighted by atomic mass is 16.6. The van der Waals surface area contributed by atoms with Gasteiger partial charge in [-0.25, -0.2) is 9.59 Å². The molecular formula is C29H34O4. The number of benzene rings is 2. The van der Waals surface area contributed by atoms with E-state index in [1.165, 1.54) is 38.5 Å². The maximum Gasteiger partial charge on any atom is 0.338 e. The first-order chi connectivity index (χ1) is 16.2. The Morgan fingerprint density at radius 1 is 0.606 bits per heavy atom. The fourth-order valence-electron chi connectivity index (χ4n) is 6.59. The molecular weight excluding hydrogens is 412 g/mol. The van der Waals surface area contributed by atoms with Crippen molar-refractivity contribution in [2.75, 3.05) is 0 Å². The molecule has 4 heteroatoms. The van der Waals surface area contributed by atoms with Crippen LogP contribution in [0.4, 0.5) is 0 Å². The molecule has 4 nitrogen and oxygen atoms in total. The molecule has 0 aromatic heterocycles. The van der Waals surface area contributed by atoms with E-state index in [1.54, 1.807) is 24.3 Å². The van der Waals surface area contributed by atoms with Crippen LogP contribution >= 0.6 is 0 Å². The van der Waals surface area contributed by atoms with Crippen molar-refractivity contribution in [1.82, 2.24) is 0 Å². The molecule has 2 aromatic carbocycles. The number of hydrogen-bond acceptors (Lipinski definition) is 4. The smallest absolute Gasteiger partial charge is 0.338 e. The lowest BCUT2D eigenvalue weighted by molar-refractivity contribution is -0.0385. The van der Waals surface area contributed by atoms with Gasteiger partial charge < -0.3 is 9.47 Å². The Bertz CT molecular complexity index is 941. The van der Waals surface area contributed by atoms with Crippen LogP contribution in [0.2, 0.25) is 0 Å². The number of esters is 2. The Labute approximate surface area is 196 Å². The highest BCUT2D eigenvalue weighted by Gasteiger charge is 2.48. The molecule has 6 atom stereocenters. The summed E-state index contributed by atoms with van der Waals surface area (Å²) < 4.78 is 12.2. The normalized spacial score (nSPS) is 31.4. The number of rotatable bonds is 4. The van der Waals surface area contributed by atoms with Gasteiger partial charge in [-0.1, -0.05) is 62.1 Å². The van der Waals surface area contributed by atoms with Crippen LogP contribution in [0.5, 0.6) is 0 Å². The van der Waals surface area contributed by atoms with Gasteiger partial charge in [0.25, 0.3) is 0 Å². The zero-order chi connectivity index (χ0) is 22.6. The van der Waals surface area contributed by atoms with Gasteiger partial charge in [0.2, 0.25) is 0 Å². The SMILES string of the molecule is O=C(OC1CC2CCC3CCCCC3CCC2C1OC(=O)c1ccccc1)c1ccccc1. The highest BCUT2D eigenvalue weighted by Crippen LogP contribution is 2.48. The van der Waals surface area contributed by atoms with Crippen molar-refractivity contribution < 1.29 is 19.1 Å². The van der Waals surface area contributed by atoms with Gasteiger partial charge >= 0.3 is 11.9 Å². The van der Waals surface area contributed by atoms with Gasteiger partial charge in [0.15, 0.2) is 0 Å². The Morgan fingerprint density at radius 2 is 1.12 bits per heavy atom. The summed E-state index contributed by atoms with van der Waals surface area (Å²) in [6.07, 6.45) is 10.1. The standard InChI is InChI=1S/C29H34O4/c30-28(22-11-3-1-4-12-22)32-26-19-24-16-15-20-9-7-8-10-21(20)17-18-25(24)27(26)33-29(31)23-13-5-2-6-14-23/h1-6,11-14,20-21,24-27H,7-10,15-19H2. The van der Waals surface area contributed by atoms with E-state index in [0.29, 0.717) is 17.0 Å². The summed E-state index contributed by atoms with van der Waals surface area (Å²) in [6, 6.07) is 18.3. The maximum absolute atomic E-state index is 13.0. The van der Waals surface area contributed by atoms with Gasteiger partial charge in [-0.15, -0.1) is 0 Å². The summed E-state index contributed by atoms with van der Waals surface area (Å²) in [5.41, 5.74) is 1.09. The predicted molar refractivity (Wildman–Crippen MR) is 127 cm³/mol. The zero-order valence-electron chi connectivity index (χ0n) is 19.2. The van der Waals surface area contributed by atoms with Crippen molar-refractivity contribution in [3.63, 3.8) is 0 Å². The fraction of sp³-hybridized carbons (Fsp3) is 0.517. The molecule has 6 unspecified atom stereocenters. The monoisotopic (exact) mass is 446 g/mol. The van der Waals surface area contributed by atoms with Crippen molar-refractivity contribution in [1.29, 1.82) is 0 Å². The molecule has 0 amide bonds. The zero-order valence-corrected chi connectivity index (χ0v) is 19.2. The molecule has 3 saturated carbocycles. The second-order valence-electron chi connectivity index (χ2n) is 10.2. The molecule has 0 N–H and O–H groups in total. The number of carbonyl (C=O) groups excluding carboxylic acids is 2. The van der Waals surface area contributed by atoms with E-state index in [0.717, 1.165) is 31.1 Å². The molecule has 33 heavy (non-hydrogen) atoms. The van der Waals surface area contributed by atoms with Gasteiger partial charge in [-0.05, 0) is 74.1 Å². The van der Waals surface area contributed by atoms with Crippen molar-refractivity contribution in [3.8, 4) is 0 Å². The van der Waals surface area contributed by atoms with E-state index in [2.05, 4.69) is 0 Å². The fourth-order valence-corrected chi connectivity index (χ4v) is 6.59. The predicted octanol–water partition coefficient (Wildman–Crippen LogP) is 6.45. The van der Waals surface area contributed by atoms with Gasteiger partial charge in [0.05, 0.1) is 11.1 Å². The first-order valence-electron chi connectivity index (χ1n) is 12.7. The lowest BCUT2D eigenvalue weighted by atomic mass is 9.69. The van der Waals surface area contributed by atoms with Crippen LogP contribution in [0.25, 0.3) is 0 Å². The third-order valence-electron chi connectivity index (χ3n) is 8.30. The second-order valence-corrected chi connectivity index (χ2v) is 10.2. The Morgan fingerprint density at radius 3 is 1.73 bits per heavy atom. The minimum atomic E-state index is -0.388. The molecule has 0 spiro atoms. The molecule has 5 rings (SSSR count). The summed E-state index contributed by atoms with van der Waals surface area (Å²) in [5, 5.41) is 0. The average molecular weight is 447 g/mol. The highest BCUT2D eigenvalue weighted by molar-refractivity contribution is 5.90. The molecule has 2 aromatic rings. The van der Waals surface area contributed by atoms with E-state index in [1.807, 2.05) is 36.4 Å². The summed E-state index contributed by atoms with van der Waals surface area (Å²) in [5.74, 6) is 1.69. The van der Waals surface area contributed by atoms with Crippen molar-refractivity contribution in [3.05, 3.63) is 71.8 Å². The third-order valence-corrected chi connectivity index (χ3v) is 8.30. The summed E-state index contributed by atoms with van der Waals surface area (Å²) in [7, 11) is 0. The first-order valence-corrected chi connectivity index (χ1v) is 12.7. The van der Waals surface area contributed by atoms with Gasteiger partial charge in [0, 0.05) is 5.92 Å². The van der Waals surface area contributed by atoms with Crippen molar-refractivity contribution in [2.45, 2.75) is 70.0 Å². The Hall–Kier alpha value is -2.62. The topological polar surface area (TPSA) is 52.6 Å². The van der Waals surface area contributed by atoms with Crippen molar-refractivity contribution in [2.24, 2.45) is 23.7 Å². The summed E-state index contributed by atoms with van der Waals surface area (Å²) >= 11 is 0. The second kappa shape index (κ2) is 10.1. The molecule has 0 radical (unpaired) electrons. The van der Waals surface area contributed by atoms with Crippen LogP contribution in [-0.2, 0) is 9.47 Å². The molecule has 0 bridgehead atoms. The minimum absolute atomic E-state index is 0.258. The van der Waals surface area contributed by atoms with E-state index in [-0.39, 0.29) is 30.1 Å². The third kappa shape index (κ3) is 5.00. The summed E-state index contributed by atoms with van der Waals surface area (Å²) in [6.45, 7) is 0. The van der Waals surface area contributed by atoms with Crippen molar-refractivity contribution >= 4 is 11.9 Å². The molecule has 0 saturated heterocycles. The van der Waals surface area contributed by atoms with E-state index >= 15 is 0 Å². The first kappa shape index (κ1) is 22.2. The van der Waals surface area contributed by atoms with Crippen LogP contribution in [-0.4, -0.2) is 24.1 Å². The van der Waals surface area contributed by atoms with E-state index in [4.69, 9.17) is 9.47 Å². The van der Waals surface area contributed by atoms with Crippen LogP contribution in [0, 0.1) is 23.7 Å². The molecule has 3 aliphatic rings. The van der Waals surface area contributed by atoms with E-state index in [9.17, 15) is 9.59 Å². The number of hydrogen-bond donors (Lipinski definition) is 0. The molecule has 174 valence electrons. The van der Waals surface area contributed by atoms with Gasteiger partial charge in [-0.3, -0.25) is 0 Å². The van der Waals surface area contributed by atoms with Crippen LogP contribution in [0.1, 0.15) is 78.5 Å². The van der Waals surface area contributed by atoms with Crippen LogP contribution < -0.4 is 0 Å². The average Bonchev–Trinajstić information content (AvgIpc) is 3.16. The quantitative estimate of drug-likeness (QED) is 0.506. The number of carbonyl (C=O) groups is 2. The van der Waals surface area contributed by atoms with Gasteiger partial charge in [0.1, 0.15) is 12.2 Å². The lowest BCUT2D eigenvalue weighted by Crippen LogP contribution is -2.36. The molecule has 3 aliphatic carbocycles. The van der Waals surface area contributed by atoms with Crippen LogP contribution in [0.3, 0.4) is 0 Å². The minimum Gasteiger partial charge on any atom is -0.455 e. The lowest BCUT2D eigenvalue weighted by Gasteiger charge is -2.37. The molecule has 3 fully saturated rings. The Balaban J connectivity index is 1.36.